The van der Waals surface area contributed by atoms with Crippen molar-refractivity contribution in [3.8, 4) is 22.3 Å². The Bertz CT molecular complexity index is 453. The van der Waals surface area contributed by atoms with Gasteiger partial charge >= 0.3 is 17.2 Å². The molecule has 0 unspecified atom stereocenters. The van der Waals surface area contributed by atoms with Crippen LogP contribution in [0.25, 0.3) is 22.3 Å². The molecule has 0 heterocycles. The van der Waals surface area contributed by atoms with E-state index in [-0.39, 0.29) is 0 Å². The summed E-state index contributed by atoms with van der Waals surface area (Å²) in [5, 5.41) is 0. The van der Waals surface area contributed by atoms with E-state index in [4.69, 9.17) is 19.6 Å². The van der Waals surface area contributed by atoms with Crippen LogP contribution in [0, 0.1) is 0 Å². The van der Waals surface area contributed by atoms with Gasteiger partial charge in [-0.05, 0) is 22.3 Å². The van der Waals surface area contributed by atoms with Crippen LogP contribution in [0.3, 0.4) is 0 Å². The number of benzene rings is 2. The van der Waals surface area contributed by atoms with Crippen molar-refractivity contribution >= 4 is 17.2 Å². The summed E-state index contributed by atoms with van der Waals surface area (Å²) < 4.78 is 3.60. The molecule has 0 aromatic heterocycles. The fraction of sp³-hybridized carbons (Fsp3) is 0. The first-order valence-corrected chi connectivity index (χ1v) is 7.65. The normalized spacial score (nSPS) is 11.3. The lowest BCUT2D eigenvalue weighted by Crippen LogP contribution is -1.96. The van der Waals surface area contributed by atoms with Gasteiger partial charge in [0, 0.05) is 0 Å². The lowest BCUT2D eigenvalue weighted by molar-refractivity contribution is 0.324. The van der Waals surface area contributed by atoms with Crippen LogP contribution in [-0.2, 0) is 4.31 Å². The molecule has 0 spiro atoms. The number of hydrogen-bond donors (Lipinski definition) is 4. The molecule has 0 bridgehead atoms. The Hall–Kier alpha value is -0.900. The molecular formula is C12H12O5P2. The van der Waals surface area contributed by atoms with Gasteiger partial charge in [0.2, 0.25) is 0 Å². The molecule has 3 rings (SSSR count). The lowest BCUT2D eigenvalue weighted by Gasteiger charge is -2.22. The SMILES string of the molecule is OP(O)OP(O)O.c1ccc2c(c1)-c1ccccc1-2. The van der Waals surface area contributed by atoms with Gasteiger partial charge in [-0.3, -0.25) is 0 Å². The second kappa shape index (κ2) is 6.51. The van der Waals surface area contributed by atoms with Gasteiger partial charge in [0.05, 0.1) is 0 Å². The lowest BCUT2D eigenvalue weighted by atomic mass is 9.81. The first-order chi connectivity index (χ1) is 9.09. The standard InChI is InChI=1S/C12H8.H4O5P2/c1-2-6-10-9(5-1)11-7-3-4-8-12(10)11;1-6(2)5-7(3)4/h1-8H;1-4H. The first kappa shape index (κ1) is 14.5. The molecule has 19 heavy (non-hydrogen) atoms. The van der Waals surface area contributed by atoms with E-state index >= 15 is 0 Å². The highest BCUT2D eigenvalue weighted by molar-refractivity contribution is 7.53. The summed E-state index contributed by atoms with van der Waals surface area (Å²) in [4.78, 5) is 31.3. The molecule has 0 saturated carbocycles. The molecule has 2 aromatic rings. The maximum atomic E-state index is 7.82. The maximum Gasteiger partial charge on any atom is 0.334 e. The van der Waals surface area contributed by atoms with E-state index in [0.717, 1.165) is 0 Å². The van der Waals surface area contributed by atoms with Crippen LogP contribution in [0.15, 0.2) is 48.5 Å². The summed E-state index contributed by atoms with van der Waals surface area (Å²) in [6, 6.07) is 17.1. The fourth-order valence-corrected chi connectivity index (χ4v) is 2.43. The second-order valence-electron chi connectivity index (χ2n) is 3.68. The van der Waals surface area contributed by atoms with Gasteiger partial charge in [-0.25, -0.2) is 4.31 Å². The van der Waals surface area contributed by atoms with Crippen molar-refractivity contribution in [1.82, 2.24) is 0 Å². The van der Waals surface area contributed by atoms with E-state index in [2.05, 4.69) is 52.8 Å². The number of hydrogen-bond acceptors (Lipinski definition) is 5. The smallest absolute Gasteiger partial charge is 0.328 e. The van der Waals surface area contributed by atoms with E-state index in [1.165, 1.54) is 22.3 Å². The van der Waals surface area contributed by atoms with Gasteiger partial charge in [-0.15, -0.1) is 0 Å². The predicted octanol–water partition coefficient (Wildman–Crippen LogP) is 2.76. The van der Waals surface area contributed by atoms with Crippen molar-refractivity contribution in [2.24, 2.45) is 0 Å². The quantitative estimate of drug-likeness (QED) is 0.546. The summed E-state index contributed by atoms with van der Waals surface area (Å²) in [6.07, 6.45) is 0. The van der Waals surface area contributed by atoms with Crippen molar-refractivity contribution < 1.29 is 23.9 Å². The summed E-state index contributed by atoms with van der Waals surface area (Å²) >= 11 is 0. The van der Waals surface area contributed by atoms with Gasteiger partial charge < -0.3 is 19.6 Å². The Balaban J connectivity index is 0.000000167. The molecule has 0 saturated heterocycles. The van der Waals surface area contributed by atoms with Crippen molar-refractivity contribution in [2.75, 3.05) is 0 Å². The predicted molar refractivity (Wildman–Crippen MR) is 74.7 cm³/mol. The van der Waals surface area contributed by atoms with E-state index in [1.54, 1.807) is 0 Å². The largest absolute Gasteiger partial charge is 0.334 e. The third kappa shape index (κ3) is 3.56. The number of fused-ring (bicyclic) bond motifs is 4. The van der Waals surface area contributed by atoms with Crippen LogP contribution in [-0.4, -0.2) is 19.6 Å². The van der Waals surface area contributed by atoms with E-state index in [0.29, 0.717) is 0 Å². The molecule has 0 aliphatic heterocycles. The molecule has 1 aliphatic rings. The average molecular weight is 298 g/mol. The maximum absolute atomic E-state index is 7.82. The second-order valence-corrected chi connectivity index (χ2v) is 5.34. The van der Waals surface area contributed by atoms with Gasteiger partial charge in [-0.2, -0.15) is 0 Å². The van der Waals surface area contributed by atoms with Crippen LogP contribution in [0.5, 0.6) is 0 Å². The Kier molecular flexibility index (Phi) is 4.97. The van der Waals surface area contributed by atoms with Gasteiger partial charge in [-0.1, -0.05) is 48.5 Å². The zero-order valence-electron chi connectivity index (χ0n) is 9.71. The van der Waals surface area contributed by atoms with Crippen LogP contribution < -0.4 is 0 Å². The average Bonchev–Trinajstić information content (AvgIpc) is 2.35. The fourth-order valence-electron chi connectivity index (χ4n) is 1.91. The zero-order chi connectivity index (χ0) is 13.8. The molecule has 0 fully saturated rings. The van der Waals surface area contributed by atoms with E-state index in [1.807, 2.05) is 0 Å². The molecule has 0 amide bonds. The minimum atomic E-state index is -2.61. The topological polar surface area (TPSA) is 90.2 Å². The Morgan fingerprint density at radius 1 is 0.579 bits per heavy atom. The highest BCUT2D eigenvalue weighted by atomic mass is 31.2. The summed E-state index contributed by atoms with van der Waals surface area (Å²) in [7, 11) is -5.22. The summed E-state index contributed by atoms with van der Waals surface area (Å²) in [6.45, 7) is 0. The molecular weight excluding hydrogens is 286 g/mol. The molecule has 1 aliphatic carbocycles. The molecule has 100 valence electrons. The first-order valence-electron chi connectivity index (χ1n) is 5.32. The van der Waals surface area contributed by atoms with Crippen molar-refractivity contribution in [3.05, 3.63) is 48.5 Å². The highest BCUT2D eigenvalue weighted by Gasteiger charge is 2.19. The molecule has 5 nitrogen and oxygen atoms in total. The third-order valence-electron chi connectivity index (χ3n) is 2.58. The minimum Gasteiger partial charge on any atom is -0.328 e. The third-order valence-corrected chi connectivity index (χ3v) is 3.75. The molecule has 2 aromatic carbocycles. The van der Waals surface area contributed by atoms with Gasteiger partial charge in [0.25, 0.3) is 0 Å². The highest BCUT2D eigenvalue weighted by Crippen LogP contribution is 2.46. The van der Waals surface area contributed by atoms with Crippen LogP contribution >= 0.6 is 17.2 Å². The Morgan fingerprint density at radius 3 is 1.00 bits per heavy atom. The molecule has 0 atom stereocenters. The monoisotopic (exact) mass is 298 g/mol. The minimum absolute atomic E-state index is 1.40. The van der Waals surface area contributed by atoms with Gasteiger partial charge in [0.1, 0.15) is 0 Å². The van der Waals surface area contributed by atoms with Crippen molar-refractivity contribution in [2.45, 2.75) is 0 Å². The van der Waals surface area contributed by atoms with Gasteiger partial charge in [0.15, 0.2) is 0 Å². The van der Waals surface area contributed by atoms with Crippen LogP contribution in [0.2, 0.25) is 0 Å². The molecule has 7 heteroatoms. The Morgan fingerprint density at radius 2 is 0.842 bits per heavy atom. The van der Waals surface area contributed by atoms with E-state index < -0.39 is 17.2 Å². The molecule has 4 N–H and O–H groups in total. The summed E-state index contributed by atoms with van der Waals surface area (Å²) in [5.41, 5.74) is 5.59. The van der Waals surface area contributed by atoms with Crippen LogP contribution in [0.4, 0.5) is 0 Å². The Labute approximate surface area is 112 Å². The molecule has 0 radical (unpaired) electrons. The number of rotatable bonds is 2. The van der Waals surface area contributed by atoms with E-state index in [9.17, 15) is 0 Å². The van der Waals surface area contributed by atoms with Crippen molar-refractivity contribution in [3.63, 3.8) is 0 Å². The van der Waals surface area contributed by atoms with Crippen LogP contribution in [0.1, 0.15) is 0 Å². The zero-order valence-corrected chi connectivity index (χ0v) is 11.5. The summed E-state index contributed by atoms with van der Waals surface area (Å²) in [5.74, 6) is 0. The van der Waals surface area contributed by atoms with Crippen molar-refractivity contribution in [1.29, 1.82) is 0 Å².